The highest BCUT2D eigenvalue weighted by atomic mass is 35.5. The molecule has 1 N–H and O–H groups in total. The topological polar surface area (TPSA) is 80.0 Å². The van der Waals surface area contributed by atoms with Crippen LogP contribution in [0.5, 0.6) is 5.75 Å². The summed E-state index contributed by atoms with van der Waals surface area (Å²) in [6, 6.07) is 5.76. The standard InChI is InChI=1S/C16H13Cl2F3N4O3/c1-9-7-15(27,16(19,20)21)25(22-9)14(26)12-4-5-24(23-12)8-28-13-3-2-10(17)6-11(13)18/h2-6,27H,7-8H2,1H3/t15-/m1/s1. The summed E-state index contributed by atoms with van der Waals surface area (Å²) in [6.45, 7) is 1.12. The highest BCUT2D eigenvalue weighted by Gasteiger charge is 2.63. The quantitative estimate of drug-likeness (QED) is 0.792. The van der Waals surface area contributed by atoms with Crippen molar-refractivity contribution < 1.29 is 27.8 Å². The van der Waals surface area contributed by atoms with Crippen molar-refractivity contribution in [2.24, 2.45) is 5.10 Å². The number of aromatic nitrogens is 2. The van der Waals surface area contributed by atoms with Crippen LogP contribution in [-0.2, 0) is 6.73 Å². The normalized spacial score (nSPS) is 19.7. The van der Waals surface area contributed by atoms with E-state index in [4.69, 9.17) is 27.9 Å². The van der Waals surface area contributed by atoms with Gasteiger partial charge in [-0.15, -0.1) is 0 Å². The van der Waals surface area contributed by atoms with Crippen LogP contribution in [0.4, 0.5) is 13.2 Å². The number of nitrogens with zero attached hydrogens (tertiary/aromatic N) is 4. The van der Waals surface area contributed by atoms with Crippen LogP contribution >= 0.6 is 23.2 Å². The average Bonchev–Trinajstić information content (AvgIpc) is 3.18. The third kappa shape index (κ3) is 3.80. The number of aliphatic hydroxyl groups is 1. The SMILES string of the molecule is CC1=NN(C(=O)c2ccn(COc3ccc(Cl)cc3Cl)n2)[C@](O)(C(F)(F)F)C1. The van der Waals surface area contributed by atoms with Crippen LogP contribution in [0.15, 0.2) is 35.6 Å². The summed E-state index contributed by atoms with van der Waals surface area (Å²) in [7, 11) is 0. The molecular weight excluding hydrogens is 424 g/mol. The number of halogens is 5. The largest absolute Gasteiger partial charge is 0.470 e. The molecule has 0 fully saturated rings. The lowest BCUT2D eigenvalue weighted by Gasteiger charge is -2.32. The number of hydrogen-bond acceptors (Lipinski definition) is 5. The molecule has 0 radical (unpaired) electrons. The minimum absolute atomic E-state index is 0.00588. The second-order valence-electron chi connectivity index (χ2n) is 6.03. The Morgan fingerprint density at radius 1 is 1.36 bits per heavy atom. The van der Waals surface area contributed by atoms with Crippen molar-refractivity contribution in [1.29, 1.82) is 0 Å². The van der Waals surface area contributed by atoms with E-state index in [9.17, 15) is 23.1 Å². The first-order valence-corrected chi connectivity index (χ1v) is 8.56. The lowest BCUT2D eigenvalue weighted by Crippen LogP contribution is -2.56. The molecule has 0 saturated carbocycles. The van der Waals surface area contributed by atoms with Gasteiger partial charge in [-0.3, -0.25) is 4.79 Å². The number of carbonyl (C=O) groups excluding carboxylic acids is 1. The van der Waals surface area contributed by atoms with E-state index in [0.717, 1.165) is 0 Å². The average molecular weight is 437 g/mol. The van der Waals surface area contributed by atoms with Gasteiger partial charge < -0.3 is 9.84 Å². The first kappa shape index (κ1) is 20.4. The van der Waals surface area contributed by atoms with Gasteiger partial charge in [0.05, 0.1) is 5.02 Å². The number of amides is 1. The monoisotopic (exact) mass is 436 g/mol. The molecule has 7 nitrogen and oxygen atoms in total. The Morgan fingerprint density at radius 3 is 2.71 bits per heavy atom. The maximum Gasteiger partial charge on any atom is 0.438 e. The van der Waals surface area contributed by atoms with Gasteiger partial charge in [0.15, 0.2) is 12.4 Å². The van der Waals surface area contributed by atoms with Gasteiger partial charge in [-0.05, 0) is 31.2 Å². The Balaban J connectivity index is 1.75. The zero-order valence-electron chi connectivity index (χ0n) is 14.2. The molecule has 1 aromatic heterocycles. The lowest BCUT2D eigenvalue weighted by atomic mass is 10.1. The highest BCUT2D eigenvalue weighted by molar-refractivity contribution is 6.35. The Bertz CT molecular complexity index is 947. The van der Waals surface area contributed by atoms with Crippen LogP contribution in [0.3, 0.4) is 0 Å². The molecule has 2 heterocycles. The van der Waals surface area contributed by atoms with Crippen LogP contribution in [0.25, 0.3) is 0 Å². The maximum atomic E-state index is 13.2. The van der Waals surface area contributed by atoms with Crippen molar-refractivity contribution in [3.63, 3.8) is 0 Å². The fourth-order valence-electron chi connectivity index (χ4n) is 2.54. The van der Waals surface area contributed by atoms with Crippen molar-refractivity contribution in [3.05, 3.63) is 46.2 Å². The number of hydrogen-bond donors (Lipinski definition) is 1. The van der Waals surface area contributed by atoms with Crippen LogP contribution < -0.4 is 4.74 Å². The van der Waals surface area contributed by atoms with Gasteiger partial charge in [0.1, 0.15) is 5.75 Å². The molecule has 0 saturated heterocycles. The molecule has 2 aromatic rings. The lowest BCUT2D eigenvalue weighted by molar-refractivity contribution is -0.297. The number of carbonyl (C=O) groups is 1. The molecule has 1 amide bonds. The van der Waals surface area contributed by atoms with Crippen LogP contribution in [0.1, 0.15) is 23.8 Å². The molecule has 0 unspecified atom stereocenters. The van der Waals surface area contributed by atoms with Crippen molar-refractivity contribution in [2.45, 2.75) is 32.0 Å². The molecule has 0 bridgehead atoms. The maximum absolute atomic E-state index is 13.2. The van der Waals surface area contributed by atoms with E-state index in [0.29, 0.717) is 10.8 Å². The fraction of sp³-hybridized carbons (Fsp3) is 0.312. The molecule has 1 aliphatic rings. The van der Waals surface area contributed by atoms with E-state index in [1.54, 1.807) is 6.07 Å². The summed E-state index contributed by atoms with van der Waals surface area (Å²) in [4.78, 5) is 12.4. The summed E-state index contributed by atoms with van der Waals surface area (Å²) in [6.07, 6.45) is -4.58. The molecule has 1 aromatic carbocycles. The molecule has 12 heteroatoms. The van der Waals surface area contributed by atoms with Crippen molar-refractivity contribution >= 4 is 34.8 Å². The molecule has 3 rings (SSSR count). The summed E-state index contributed by atoms with van der Waals surface area (Å²) >= 11 is 11.8. The predicted molar refractivity (Wildman–Crippen MR) is 94.2 cm³/mol. The van der Waals surface area contributed by atoms with E-state index < -0.39 is 24.2 Å². The van der Waals surface area contributed by atoms with Crippen LogP contribution in [-0.4, -0.2) is 43.4 Å². The minimum atomic E-state index is -5.08. The summed E-state index contributed by atoms with van der Waals surface area (Å²) in [5.74, 6) is -0.888. The molecule has 150 valence electrons. The Morgan fingerprint density at radius 2 is 2.07 bits per heavy atom. The zero-order chi connectivity index (χ0) is 20.7. The summed E-state index contributed by atoms with van der Waals surface area (Å²) < 4.78 is 46.3. The summed E-state index contributed by atoms with van der Waals surface area (Å²) in [5, 5.41) is 18.1. The first-order valence-electron chi connectivity index (χ1n) is 7.80. The van der Waals surface area contributed by atoms with E-state index in [1.165, 1.54) is 36.0 Å². The van der Waals surface area contributed by atoms with Gasteiger partial charge in [-0.1, -0.05) is 23.2 Å². The van der Waals surface area contributed by atoms with Gasteiger partial charge in [0.2, 0.25) is 0 Å². The van der Waals surface area contributed by atoms with Crippen LogP contribution in [0, 0.1) is 0 Å². The Kier molecular flexibility index (Phi) is 5.30. The Hall–Kier alpha value is -2.30. The number of benzene rings is 1. The third-order valence-corrected chi connectivity index (χ3v) is 4.41. The van der Waals surface area contributed by atoms with E-state index in [1.807, 2.05) is 0 Å². The molecule has 1 atom stereocenters. The second kappa shape index (κ2) is 7.26. The minimum Gasteiger partial charge on any atom is -0.470 e. The third-order valence-electron chi connectivity index (χ3n) is 3.88. The van der Waals surface area contributed by atoms with Gasteiger partial charge in [0.25, 0.3) is 11.6 Å². The predicted octanol–water partition coefficient (Wildman–Crippen LogP) is 3.70. The molecular formula is C16H13Cl2F3N4O3. The van der Waals surface area contributed by atoms with Gasteiger partial charge in [-0.2, -0.15) is 28.4 Å². The van der Waals surface area contributed by atoms with Crippen LogP contribution in [0.2, 0.25) is 10.0 Å². The smallest absolute Gasteiger partial charge is 0.438 e. The van der Waals surface area contributed by atoms with E-state index in [-0.39, 0.29) is 28.2 Å². The number of ether oxygens (including phenoxy) is 1. The number of hydrazone groups is 1. The molecule has 28 heavy (non-hydrogen) atoms. The number of alkyl halides is 3. The van der Waals surface area contributed by atoms with Crippen molar-refractivity contribution in [2.75, 3.05) is 0 Å². The number of rotatable bonds is 4. The van der Waals surface area contributed by atoms with Gasteiger partial charge >= 0.3 is 6.18 Å². The molecule has 0 spiro atoms. The second-order valence-corrected chi connectivity index (χ2v) is 6.88. The zero-order valence-corrected chi connectivity index (χ0v) is 15.8. The van der Waals surface area contributed by atoms with Gasteiger partial charge in [-0.25, -0.2) is 4.68 Å². The van der Waals surface area contributed by atoms with Gasteiger partial charge in [0, 0.05) is 23.4 Å². The molecule has 0 aliphatic carbocycles. The fourth-order valence-corrected chi connectivity index (χ4v) is 3.00. The van der Waals surface area contributed by atoms with E-state index >= 15 is 0 Å². The summed E-state index contributed by atoms with van der Waals surface area (Å²) in [5.41, 5.74) is -3.79. The van der Waals surface area contributed by atoms with E-state index in [2.05, 4.69) is 10.2 Å². The van der Waals surface area contributed by atoms with Crippen molar-refractivity contribution in [3.8, 4) is 5.75 Å². The molecule has 1 aliphatic heterocycles. The van der Waals surface area contributed by atoms with Crippen molar-refractivity contribution in [1.82, 2.24) is 14.8 Å². The first-order chi connectivity index (χ1) is 13.0. The highest BCUT2D eigenvalue weighted by Crippen LogP contribution is 2.40. The Labute approximate surface area is 166 Å².